The SMILES string of the molecule is CC(C)c1cccc(C(C)C)c1N1[C+]N(c2c(C(C)C)cccc2C(C)C)C=C1.[Cl-]. The van der Waals surface area contributed by atoms with E-state index >= 15 is 0 Å². The maximum Gasteiger partial charge on any atom is 0.574 e. The summed E-state index contributed by atoms with van der Waals surface area (Å²) in [4.78, 5) is 4.40. The minimum absolute atomic E-state index is 0. The maximum atomic E-state index is 3.66. The van der Waals surface area contributed by atoms with Gasteiger partial charge in [-0.3, -0.25) is 0 Å². The summed E-state index contributed by atoms with van der Waals surface area (Å²) in [6, 6.07) is 13.4. The van der Waals surface area contributed by atoms with Gasteiger partial charge in [-0.05, 0) is 45.9 Å². The standard InChI is InChI=1S/C27H36N2.ClH/c1-18(2)22-11-9-12-23(19(3)4)26(22)28-15-16-29(17-28)27-24(20(5)6)13-10-14-25(27)21(7)8;/h9-16,18-21H,1-8H3;1H/q+1;/p-1. The predicted octanol–water partition coefficient (Wildman–Crippen LogP) is 4.98. The zero-order chi connectivity index (χ0) is 21.3. The summed E-state index contributed by atoms with van der Waals surface area (Å²) in [5, 5.41) is 0. The van der Waals surface area contributed by atoms with Crippen molar-refractivity contribution in [3.05, 3.63) is 77.7 Å². The fourth-order valence-electron chi connectivity index (χ4n) is 4.14. The Bertz CT molecular complexity index is 756. The van der Waals surface area contributed by atoms with E-state index in [1.807, 2.05) is 0 Å². The summed E-state index contributed by atoms with van der Waals surface area (Å²) in [6.07, 6.45) is 4.32. The minimum Gasteiger partial charge on any atom is -1.00 e. The summed E-state index contributed by atoms with van der Waals surface area (Å²) in [7, 11) is 0. The highest BCUT2D eigenvalue weighted by molar-refractivity contribution is 5.72. The first-order valence-corrected chi connectivity index (χ1v) is 11.0. The zero-order valence-electron chi connectivity index (χ0n) is 19.7. The van der Waals surface area contributed by atoms with Gasteiger partial charge in [-0.2, -0.15) is 0 Å². The number of nitrogens with zero attached hydrogens (tertiary/aromatic N) is 2. The summed E-state index contributed by atoms with van der Waals surface area (Å²) >= 11 is 0. The van der Waals surface area contributed by atoms with E-state index in [0.29, 0.717) is 23.7 Å². The Morgan fingerprint density at radius 1 is 0.533 bits per heavy atom. The molecule has 0 fully saturated rings. The molecule has 3 heteroatoms. The van der Waals surface area contributed by atoms with Gasteiger partial charge in [-0.25, -0.2) is 0 Å². The third-order valence-electron chi connectivity index (χ3n) is 5.75. The first-order valence-electron chi connectivity index (χ1n) is 11.0. The Hall–Kier alpha value is -2.06. The van der Waals surface area contributed by atoms with E-state index in [4.69, 9.17) is 0 Å². The van der Waals surface area contributed by atoms with Gasteiger partial charge in [0.05, 0.1) is 12.4 Å². The lowest BCUT2D eigenvalue weighted by molar-refractivity contribution is -0.00000637. The van der Waals surface area contributed by atoms with Crippen LogP contribution in [0, 0.1) is 6.67 Å². The maximum absolute atomic E-state index is 3.66. The lowest BCUT2D eigenvalue weighted by Gasteiger charge is -2.21. The smallest absolute Gasteiger partial charge is 0.574 e. The van der Waals surface area contributed by atoms with Crippen LogP contribution in [-0.4, -0.2) is 0 Å². The van der Waals surface area contributed by atoms with Gasteiger partial charge in [0.2, 0.25) is 0 Å². The Morgan fingerprint density at radius 2 is 0.800 bits per heavy atom. The molecule has 2 aromatic rings. The Morgan fingerprint density at radius 3 is 1.03 bits per heavy atom. The van der Waals surface area contributed by atoms with Crippen molar-refractivity contribution in [2.45, 2.75) is 79.1 Å². The predicted molar refractivity (Wildman–Crippen MR) is 127 cm³/mol. The molecule has 0 unspecified atom stereocenters. The van der Waals surface area contributed by atoms with Crippen molar-refractivity contribution in [1.82, 2.24) is 0 Å². The van der Waals surface area contributed by atoms with E-state index in [9.17, 15) is 0 Å². The monoisotopic (exact) mass is 423 g/mol. The largest absolute Gasteiger partial charge is 1.00 e. The number of anilines is 2. The fraction of sp³-hybridized carbons (Fsp3) is 0.444. The topological polar surface area (TPSA) is 6.48 Å². The number of hydrogen-bond donors (Lipinski definition) is 0. The van der Waals surface area contributed by atoms with Gasteiger partial charge in [0, 0.05) is 0 Å². The number of halogens is 1. The van der Waals surface area contributed by atoms with Crippen molar-refractivity contribution in [3.63, 3.8) is 0 Å². The van der Waals surface area contributed by atoms with Crippen LogP contribution in [0.3, 0.4) is 0 Å². The van der Waals surface area contributed by atoms with Crippen LogP contribution in [0.5, 0.6) is 0 Å². The molecule has 0 atom stereocenters. The van der Waals surface area contributed by atoms with Gasteiger partial charge < -0.3 is 12.4 Å². The molecule has 1 aliphatic rings. The molecule has 0 aromatic heterocycles. The van der Waals surface area contributed by atoms with Crippen molar-refractivity contribution >= 4 is 11.4 Å². The molecule has 1 heterocycles. The second-order valence-corrected chi connectivity index (χ2v) is 9.33. The molecule has 0 aliphatic carbocycles. The van der Waals surface area contributed by atoms with E-state index in [1.165, 1.54) is 33.6 Å². The minimum atomic E-state index is 0. The van der Waals surface area contributed by atoms with E-state index in [1.54, 1.807) is 0 Å². The molecule has 1 radical (unpaired) electrons. The Labute approximate surface area is 190 Å². The van der Waals surface area contributed by atoms with Crippen LogP contribution in [-0.2, 0) is 0 Å². The third kappa shape index (κ3) is 4.64. The van der Waals surface area contributed by atoms with Gasteiger partial charge in [0.15, 0.2) is 0 Å². The first kappa shape index (κ1) is 24.2. The highest BCUT2D eigenvalue weighted by Crippen LogP contribution is 2.42. The van der Waals surface area contributed by atoms with Gasteiger partial charge in [0.1, 0.15) is 11.4 Å². The summed E-state index contributed by atoms with van der Waals surface area (Å²) in [5.74, 6) is 1.84. The van der Waals surface area contributed by atoms with E-state index < -0.39 is 0 Å². The molecule has 30 heavy (non-hydrogen) atoms. The zero-order valence-corrected chi connectivity index (χ0v) is 20.5. The van der Waals surface area contributed by atoms with Crippen LogP contribution in [0.2, 0.25) is 0 Å². The molecule has 1 aliphatic heterocycles. The molecule has 3 rings (SSSR count). The van der Waals surface area contributed by atoms with Crippen LogP contribution in [0.4, 0.5) is 11.4 Å². The summed E-state index contributed by atoms with van der Waals surface area (Å²) < 4.78 is 0. The molecular formula is C27H36ClN2. The molecule has 0 spiro atoms. The molecule has 0 N–H and O–H groups in total. The number of hydrogen-bond acceptors (Lipinski definition) is 2. The number of para-hydroxylation sites is 2. The third-order valence-corrected chi connectivity index (χ3v) is 5.75. The lowest BCUT2D eigenvalue weighted by Crippen LogP contribution is -3.00. The number of benzene rings is 2. The fourth-order valence-corrected chi connectivity index (χ4v) is 4.14. The Balaban J connectivity index is 0.00000320. The van der Waals surface area contributed by atoms with E-state index in [-0.39, 0.29) is 12.4 Å². The van der Waals surface area contributed by atoms with Crippen molar-refractivity contribution in [2.75, 3.05) is 9.80 Å². The molecule has 0 saturated carbocycles. The van der Waals surface area contributed by atoms with Gasteiger partial charge >= 0.3 is 6.67 Å². The van der Waals surface area contributed by atoms with E-state index in [2.05, 4.69) is 121 Å². The molecule has 2 nitrogen and oxygen atoms in total. The second kappa shape index (κ2) is 9.83. The molecule has 0 amide bonds. The Kier molecular flexibility index (Phi) is 7.93. The van der Waals surface area contributed by atoms with E-state index in [0.717, 1.165) is 0 Å². The summed E-state index contributed by atoms with van der Waals surface area (Å²) in [6.45, 7) is 21.8. The van der Waals surface area contributed by atoms with Gasteiger partial charge in [0.25, 0.3) is 0 Å². The van der Waals surface area contributed by atoms with Crippen LogP contribution in [0.25, 0.3) is 0 Å². The quantitative estimate of drug-likeness (QED) is 0.604. The highest BCUT2D eigenvalue weighted by Gasteiger charge is 2.39. The van der Waals surface area contributed by atoms with Crippen LogP contribution in [0.15, 0.2) is 48.8 Å². The van der Waals surface area contributed by atoms with Crippen LogP contribution >= 0.6 is 0 Å². The van der Waals surface area contributed by atoms with Crippen LogP contribution < -0.4 is 22.2 Å². The van der Waals surface area contributed by atoms with Gasteiger partial charge in [-0.15, -0.1) is 9.80 Å². The van der Waals surface area contributed by atoms with Crippen molar-refractivity contribution < 1.29 is 12.4 Å². The average Bonchev–Trinajstić information content (AvgIpc) is 3.15. The normalized spacial score (nSPS) is 13.6. The first-order chi connectivity index (χ1) is 13.7. The molecule has 0 bridgehead atoms. The second-order valence-electron chi connectivity index (χ2n) is 9.33. The average molecular weight is 424 g/mol. The number of rotatable bonds is 6. The molecule has 2 aromatic carbocycles. The lowest BCUT2D eigenvalue weighted by atomic mass is 9.91. The molecular weight excluding hydrogens is 388 g/mol. The molecule has 161 valence electrons. The highest BCUT2D eigenvalue weighted by atomic mass is 35.5. The van der Waals surface area contributed by atoms with Crippen molar-refractivity contribution in [3.8, 4) is 0 Å². The van der Waals surface area contributed by atoms with Crippen LogP contribution in [0.1, 0.15) is 101 Å². The summed E-state index contributed by atoms with van der Waals surface area (Å²) in [5.41, 5.74) is 8.05. The van der Waals surface area contributed by atoms with Crippen molar-refractivity contribution in [2.24, 2.45) is 0 Å². The van der Waals surface area contributed by atoms with Gasteiger partial charge in [-0.1, -0.05) is 91.8 Å². The molecule has 0 saturated heterocycles. The van der Waals surface area contributed by atoms with Crippen molar-refractivity contribution in [1.29, 1.82) is 0 Å².